The van der Waals surface area contributed by atoms with Gasteiger partial charge in [-0.3, -0.25) is 9.78 Å². The number of esters is 1. The smallest absolute Gasteiger partial charge is 0.338 e. The number of fused-ring (bicyclic) bond motifs is 1. The quantitative estimate of drug-likeness (QED) is 0.102. The van der Waals surface area contributed by atoms with Crippen LogP contribution in [0.1, 0.15) is 70.6 Å². The third kappa shape index (κ3) is 9.16. The summed E-state index contributed by atoms with van der Waals surface area (Å²) in [5.74, 6) is 0.0620. The zero-order chi connectivity index (χ0) is 38.9. The molecule has 0 bridgehead atoms. The molecule has 286 valence electrons. The molecule has 1 aliphatic carbocycles. The van der Waals surface area contributed by atoms with Crippen LogP contribution in [0.5, 0.6) is 5.75 Å². The number of ether oxygens (including phenoxy) is 2. The zero-order valence-corrected chi connectivity index (χ0v) is 32.2. The Hall–Kier alpha value is -5.84. The molecule has 0 radical (unpaired) electrons. The summed E-state index contributed by atoms with van der Waals surface area (Å²) in [6.45, 7) is -0.0639. The molecule has 0 unspecified atom stereocenters. The van der Waals surface area contributed by atoms with E-state index < -0.39 is 28.4 Å². The molecular formula is C46H45N3O6S. The molecule has 0 atom stereocenters. The van der Waals surface area contributed by atoms with Crippen LogP contribution in [0.4, 0.5) is 5.69 Å². The number of amides is 1. The van der Waals surface area contributed by atoms with Gasteiger partial charge >= 0.3 is 5.97 Å². The lowest BCUT2D eigenvalue weighted by Gasteiger charge is -2.27. The minimum absolute atomic E-state index is 0.0294. The fraction of sp³-hybridized carbons (Fsp3) is 0.239. The van der Waals surface area contributed by atoms with Crippen molar-refractivity contribution in [2.45, 2.75) is 62.7 Å². The SMILES string of the molecule is CN(CC(=O)N(Cc1ccc(C2CCCCC2)cc1)c1ccc(COC(=O)c2ccccc2)c(OCc2ccccc2)c1)S(=O)(=O)c1cccc2cccnc12. The second-order valence-electron chi connectivity index (χ2n) is 14.2. The molecule has 10 heteroatoms. The van der Waals surface area contributed by atoms with Gasteiger partial charge in [0.15, 0.2) is 0 Å². The van der Waals surface area contributed by atoms with Crippen molar-refractivity contribution in [1.29, 1.82) is 0 Å². The zero-order valence-electron chi connectivity index (χ0n) is 31.4. The van der Waals surface area contributed by atoms with Gasteiger partial charge in [-0.05, 0) is 71.8 Å². The number of likely N-dealkylation sites (N-methyl/N-ethyl adjacent to an activating group) is 1. The van der Waals surface area contributed by atoms with E-state index >= 15 is 0 Å². The normalized spacial score (nSPS) is 13.4. The van der Waals surface area contributed by atoms with E-state index in [2.05, 4.69) is 29.2 Å². The summed E-state index contributed by atoms with van der Waals surface area (Å²) in [5.41, 5.74) is 5.02. The van der Waals surface area contributed by atoms with E-state index in [1.165, 1.54) is 50.8 Å². The number of benzene rings is 5. The summed E-state index contributed by atoms with van der Waals surface area (Å²) in [5, 5.41) is 0.684. The van der Waals surface area contributed by atoms with Gasteiger partial charge in [0.05, 0.1) is 24.2 Å². The third-order valence-electron chi connectivity index (χ3n) is 10.3. The molecule has 0 N–H and O–H groups in total. The molecule has 7 rings (SSSR count). The monoisotopic (exact) mass is 767 g/mol. The second-order valence-corrected chi connectivity index (χ2v) is 16.2. The van der Waals surface area contributed by atoms with Crippen molar-refractivity contribution in [3.8, 4) is 5.75 Å². The molecule has 0 aliphatic heterocycles. The van der Waals surface area contributed by atoms with Crippen LogP contribution < -0.4 is 9.64 Å². The highest BCUT2D eigenvalue weighted by Gasteiger charge is 2.29. The molecule has 9 nitrogen and oxygen atoms in total. The largest absolute Gasteiger partial charge is 0.488 e. The molecular weight excluding hydrogens is 723 g/mol. The van der Waals surface area contributed by atoms with Gasteiger partial charge in [-0.25, -0.2) is 13.2 Å². The number of carbonyl (C=O) groups excluding carboxylic acids is 2. The van der Waals surface area contributed by atoms with Crippen molar-refractivity contribution in [1.82, 2.24) is 9.29 Å². The van der Waals surface area contributed by atoms with E-state index in [0.717, 1.165) is 15.4 Å². The van der Waals surface area contributed by atoms with Crippen molar-refractivity contribution in [3.05, 3.63) is 167 Å². The summed E-state index contributed by atoms with van der Waals surface area (Å²) in [4.78, 5) is 33.3. The number of sulfonamides is 1. The topological polar surface area (TPSA) is 106 Å². The molecule has 1 aromatic heterocycles. The van der Waals surface area contributed by atoms with E-state index in [0.29, 0.717) is 39.4 Å². The van der Waals surface area contributed by atoms with Gasteiger partial charge in [-0.2, -0.15) is 4.31 Å². The van der Waals surface area contributed by atoms with E-state index in [9.17, 15) is 18.0 Å². The predicted molar refractivity (Wildman–Crippen MR) is 218 cm³/mol. The minimum Gasteiger partial charge on any atom is -0.488 e. The van der Waals surface area contributed by atoms with Gasteiger partial charge in [0.2, 0.25) is 15.9 Å². The number of rotatable bonds is 14. The maximum atomic E-state index is 14.5. The minimum atomic E-state index is -4.11. The number of aromatic nitrogens is 1. The van der Waals surface area contributed by atoms with Crippen molar-refractivity contribution >= 4 is 38.5 Å². The fourth-order valence-corrected chi connectivity index (χ4v) is 8.43. The van der Waals surface area contributed by atoms with Crippen LogP contribution in [0, 0.1) is 0 Å². The maximum Gasteiger partial charge on any atom is 0.338 e. The van der Waals surface area contributed by atoms with Crippen molar-refractivity contribution in [3.63, 3.8) is 0 Å². The number of carbonyl (C=O) groups is 2. The van der Waals surface area contributed by atoms with Gasteiger partial charge < -0.3 is 14.4 Å². The van der Waals surface area contributed by atoms with E-state index in [4.69, 9.17) is 9.47 Å². The van der Waals surface area contributed by atoms with Crippen molar-refractivity contribution < 1.29 is 27.5 Å². The lowest BCUT2D eigenvalue weighted by Crippen LogP contribution is -2.41. The Morgan fingerprint density at radius 2 is 1.46 bits per heavy atom. The predicted octanol–water partition coefficient (Wildman–Crippen LogP) is 9.07. The van der Waals surface area contributed by atoms with Gasteiger partial charge in [0.1, 0.15) is 23.9 Å². The lowest BCUT2D eigenvalue weighted by molar-refractivity contribution is -0.118. The average molecular weight is 768 g/mol. The molecule has 0 saturated heterocycles. The number of anilines is 1. The molecule has 1 fully saturated rings. The number of pyridine rings is 1. The van der Waals surface area contributed by atoms with Crippen LogP contribution in [-0.4, -0.2) is 43.2 Å². The summed E-state index contributed by atoms with van der Waals surface area (Å²) in [6, 6.07) is 40.7. The summed E-state index contributed by atoms with van der Waals surface area (Å²) < 4.78 is 41.1. The number of hydrogen-bond donors (Lipinski definition) is 0. The first-order valence-corrected chi connectivity index (χ1v) is 20.4. The first-order valence-electron chi connectivity index (χ1n) is 19.0. The Morgan fingerprint density at radius 1 is 0.750 bits per heavy atom. The van der Waals surface area contributed by atoms with Gasteiger partial charge in [-0.1, -0.05) is 110 Å². The molecule has 56 heavy (non-hydrogen) atoms. The average Bonchev–Trinajstić information content (AvgIpc) is 3.25. The summed E-state index contributed by atoms with van der Waals surface area (Å²) >= 11 is 0. The molecule has 0 spiro atoms. The Morgan fingerprint density at radius 3 is 2.21 bits per heavy atom. The van der Waals surface area contributed by atoms with Gasteiger partial charge in [-0.15, -0.1) is 0 Å². The Bertz CT molecular complexity index is 2380. The Balaban J connectivity index is 1.20. The highest BCUT2D eigenvalue weighted by Crippen LogP contribution is 2.34. The van der Waals surface area contributed by atoms with E-state index in [-0.39, 0.29) is 24.7 Å². The summed E-state index contributed by atoms with van der Waals surface area (Å²) in [7, 11) is -2.70. The third-order valence-corrected chi connectivity index (χ3v) is 12.1. The van der Waals surface area contributed by atoms with Crippen LogP contribution in [0.15, 0.2) is 145 Å². The standard InChI is InChI=1S/C46H45N3O6S/c1-48(56(52,53)43-21-11-19-38-20-12-28-47-45(38)43)31-44(50)49(30-34-22-24-37(25-23-34)36-15-7-3-8-16-36)41-27-26-40(33-55-46(51)39-17-9-4-10-18-39)42(29-41)54-32-35-13-5-2-6-14-35/h2,4-6,9-14,17-29,36H,3,7-8,15-16,30-33H2,1H3. The number of para-hydroxylation sites is 1. The lowest BCUT2D eigenvalue weighted by atomic mass is 9.84. The van der Waals surface area contributed by atoms with Crippen LogP contribution in [0.3, 0.4) is 0 Å². The summed E-state index contributed by atoms with van der Waals surface area (Å²) in [6.07, 6.45) is 7.65. The van der Waals surface area contributed by atoms with Crippen LogP contribution >= 0.6 is 0 Å². The van der Waals surface area contributed by atoms with Gasteiger partial charge in [0, 0.05) is 35.9 Å². The Kier molecular flexibility index (Phi) is 12.2. The fourth-order valence-electron chi connectivity index (χ4n) is 7.15. The molecule has 1 saturated carbocycles. The number of nitrogens with zero attached hydrogens (tertiary/aromatic N) is 3. The molecule has 1 amide bonds. The first-order chi connectivity index (χ1) is 27.3. The van der Waals surface area contributed by atoms with Crippen molar-refractivity contribution in [2.75, 3.05) is 18.5 Å². The molecule has 5 aromatic carbocycles. The van der Waals surface area contributed by atoms with Crippen LogP contribution in [0.25, 0.3) is 10.9 Å². The highest BCUT2D eigenvalue weighted by molar-refractivity contribution is 7.89. The van der Waals surface area contributed by atoms with E-state index in [1.54, 1.807) is 77.8 Å². The second kappa shape index (κ2) is 17.7. The van der Waals surface area contributed by atoms with Crippen LogP contribution in [-0.2, 0) is 39.3 Å². The van der Waals surface area contributed by atoms with E-state index in [1.807, 2.05) is 36.4 Å². The van der Waals surface area contributed by atoms with Gasteiger partial charge in [0.25, 0.3) is 0 Å². The highest BCUT2D eigenvalue weighted by atomic mass is 32.2. The van der Waals surface area contributed by atoms with Crippen LogP contribution in [0.2, 0.25) is 0 Å². The molecule has 6 aromatic rings. The maximum absolute atomic E-state index is 14.5. The first kappa shape index (κ1) is 38.4. The number of hydrogen-bond acceptors (Lipinski definition) is 7. The molecule has 1 aliphatic rings. The molecule has 1 heterocycles. The Labute approximate surface area is 328 Å². The van der Waals surface area contributed by atoms with Crippen molar-refractivity contribution in [2.24, 2.45) is 0 Å².